The Morgan fingerprint density at radius 3 is 2.37 bits per heavy atom. The lowest BCUT2D eigenvalue weighted by molar-refractivity contribution is 0.334. The molecule has 0 unspecified atom stereocenters. The highest BCUT2D eigenvalue weighted by atomic mass is 19.1. The van der Waals surface area contributed by atoms with Crippen molar-refractivity contribution in [3.63, 3.8) is 0 Å². The Labute approximate surface area is 116 Å². The van der Waals surface area contributed by atoms with Crippen LogP contribution in [0, 0.1) is 25.6 Å². The summed E-state index contributed by atoms with van der Waals surface area (Å²) < 4.78 is 13.5. The number of nitrogens with one attached hydrogen (secondary N) is 1. The molecule has 0 atom stereocenters. The van der Waals surface area contributed by atoms with Crippen molar-refractivity contribution in [2.75, 3.05) is 6.54 Å². The topological polar surface area (TPSA) is 12.0 Å². The predicted octanol–water partition coefficient (Wildman–Crippen LogP) is 4.50. The summed E-state index contributed by atoms with van der Waals surface area (Å²) in [6.07, 6.45) is 8.38. The summed E-state index contributed by atoms with van der Waals surface area (Å²) in [7, 11) is 0. The van der Waals surface area contributed by atoms with Crippen LogP contribution in [0.1, 0.15) is 55.2 Å². The average molecular weight is 263 g/mol. The summed E-state index contributed by atoms with van der Waals surface area (Å²) in [6, 6.07) is 3.91. The van der Waals surface area contributed by atoms with E-state index in [0.29, 0.717) is 0 Å². The number of hydrogen-bond donors (Lipinski definition) is 1. The van der Waals surface area contributed by atoms with Gasteiger partial charge in [-0.1, -0.05) is 44.2 Å². The summed E-state index contributed by atoms with van der Waals surface area (Å²) in [5, 5.41) is 3.50. The zero-order valence-electron chi connectivity index (χ0n) is 12.3. The molecule has 1 aromatic carbocycles. The number of rotatable bonds is 5. The highest BCUT2D eigenvalue weighted by Crippen LogP contribution is 2.25. The molecular formula is C17H26FN. The molecule has 1 aromatic rings. The van der Waals surface area contributed by atoms with Crippen molar-refractivity contribution in [2.24, 2.45) is 5.92 Å². The van der Waals surface area contributed by atoms with Crippen molar-refractivity contribution in [1.82, 2.24) is 5.32 Å². The molecule has 0 aliphatic heterocycles. The monoisotopic (exact) mass is 263 g/mol. The van der Waals surface area contributed by atoms with E-state index in [2.05, 4.69) is 5.32 Å². The predicted molar refractivity (Wildman–Crippen MR) is 78.8 cm³/mol. The van der Waals surface area contributed by atoms with Gasteiger partial charge in [0.1, 0.15) is 5.82 Å². The maximum absolute atomic E-state index is 13.5. The van der Waals surface area contributed by atoms with Gasteiger partial charge < -0.3 is 5.32 Å². The Hall–Kier alpha value is -0.890. The van der Waals surface area contributed by atoms with E-state index in [9.17, 15) is 4.39 Å². The Bertz CT molecular complexity index is 385. The van der Waals surface area contributed by atoms with Crippen molar-refractivity contribution >= 4 is 0 Å². The van der Waals surface area contributed by atoms with Gasteiger partial charge in [-0.05, 0) is 49.4 Å². The molecule has 0 amide bonds. The normalized spacial score (nSPS) is 16.8. The Morgan fingerprint density at radius 2 is 1.74 bits per heavy atom. The molecule has 2 rings (SSSR count). The molecule has 2 heteroatoms. The van der Waals surface area contributed by atoms with E-state index in [4.69, 9.17) is 0 Å². The third kappa shape index (κ3) is 4.31. The molecule has 1 fully saturated rings. The van der Waals surface area contributed by atoms with E-state index in [1.807, 2.05) is 26.0 Å². The van der Waals surface area contributed by atoms with Gasteiger partial charge in [-0.3, -0.25) is 0 Å². The Kier molecular flexibility index (Phi) is 5.38. The number of hydrogen-bond acceptors (Lipinski definition) is 1. The molecule has 1 saturated carbocycles. The van der Waals surface area contributed by atoms with Gasteiger partial charge in [0.15, 0.2) is 0 Å². The first-order valence-electron chi connectivity index (χ1n) is 7.63. The first-order valence-corrected chi connectivity index (χ1v) is 7.63. The van der Waals surface area contributed by atoms with Gasteiger partial charge in [0.05, 0.1) is 0 Å². The fraction of sp³-hybridized carbons (Fsp3) is 0.647. The number of benzene rings is 1. The highest BCUT2D eigenvalue weighted by Gasteiger charge is 2.12. The first-order chi connectivity index (χ1) is 9.16. The molecule has 19 heavy (non-hydrogen) atoms. The smallest absolute Gasteiger partial charge is 0.129 e. The van der Waals surface area contributed by atoms with Gasteiger partial charge >= 0.3 is 0 Å². The highest BCUT2D eigenvalue weighted by molar-refractivity contribution is 5.30. The lowest BCUT2D eigenvalue weighted by Crippen LogP contribution is -2.19. The van der Waals surface area contributed by atoms with E-state index in [0.717, 1.165) is 30.1 Å². The van der Waals surface area contributed by atoms with Crippen LogP contribution in [0.3, 0.4) is 0 Å². The quantitative estimate of drug-likeness (QED) is 0.771. The maximum Gasteiger partial charge on any atom is 0.129 e. The standard InChI is InChI=1S/C17H26FN/c1-13-10-16(11-14(2)17(13)18)12-19-9-8-15-6-4-3-5-7-15/h10-11,15,19H,3-9,12H2,1-2H3. The Morgan fingerprint density at radius 1 is 1.11 bits per heavy atom. The molecule has 0 radical (unpaired) electrons. The fourth-order valence-electron chi connectivity index (χ4n) is 3.15. The van der Waals surface area contributed by atoms with Crippen molar-refractivity contribution in [2.45, 2.75) is 58.9 Å². The van der Waals surface area contributed by atoms with Crippen LogP contribution < -0.4 is 5.32 Å². The lowest BCUT2D eigenvalue weighted by Gasteiger charge is -2.21. The van der Waals surface area contributed by atoms with Gasteiger partial charge in [0.25, 0.3) is 0 Å². The summed E-state index contributed by atoms with van der Waals surface area (Å²) in [5.74, 6) is 0.865. The van der Waals surface area contributed by atoms with Gasteiger partial charge in [0.2, 0.25) is 0 Å². The summed E-state index contributed by atoms with van der Waals surface area (Å²) in [5.41, 5.74) is 2.70. The molecule has 0 aromatic heterocycles. The average Bonchev–Trinajstić information content (AvgIpc) is 2.42. The molecule has 0 saturated heterocycles. The molecule has 1 nitrogen and oxygen atoms in total. The summed E-state index contributed by atoms with van der Waals surface area (Å²) >= 11 is 0. The maximum atomic E-state index is 13.5. The molecule has 0 bridgehead atoms. The van der Waals surface area contributed by atoms with E-state index in [1.165, 1.54) is 44.1 Å². The second kappa shape index (κ2) is 7.04. The van der Waals surface area contributed by atoms with Crippen LogP contribution in [0.15, 0.2) is 12.1 Å². The first kappa shape index (κ1) is 14.5. The van der Waals surface area contributed by atoms with Crippen LogP contribution in [0.2, 0.25) is 0 Å². The number of halogens is 1. The number of aryl methyl sites for hydroxylation is 2. The van der Waals surface area contributed by atoms with Gasteiger partial charge in [0, 0.05) is 6.54 Å². The minimum atomic E-state index is -0.0639. The molecular weight excluding hydrogens is 237 g/mol. The van der Waals surface area contributed by atoms with Crippen molar-refractivity contribution in [3.8, 4) is 0 Å². The summed E-state index contributed by atoms with van der Waals surface area (Å²) in [4.78, 5) is 0. The minimum absolute atomic E-state index is 0.0639. The molecule has 0 heterocycles. The van der Waals surface area contributed by atoms with Crippen molar-refractivity contribution < 1.29 is 4.39 Å². The third-order valence-corrected chi connectivity index (χ3v) is 4.28. The van der Waals surface area contributed by atoms with Crippen molar-refractivity contribution in [1.29, 1.82) is 0 Å². The zero-order chi connectivity index (χ0) is 13.7. The lowest BCUT2D eigenvalue weighted by atomic mass is 9.87. The van der Waals surface area contributed by atoms with Crippen LogP contribution in [0.4, 0.5) is 4.39 Å². The van der Waals surface area contributed by atoms with Gasteiger partial charge in [-0.2, -0.15) is 0 Å². The minimum Gasteiger partial charge on any atom is -0.313 e. The van der Waals surface area contributed by atoms with E-state index in [-0.39, 0.29) is 5.82 Å². The Balaban J connectivity index is 1.73. The van der Waals surface area contributed by atoms with Crippen LogP contribution in [-0.4, -0.2) is 6.54 Å². The summed E-state index contributed by atoms with van der Waals surface area (Å²) in [6.45, 7) is 5.62. The second-order valence-corrected chi connectivity index (χ2v) is 6.01. The SMILES string of the molecule is Cc1cc(CNCCC2CCCCC2)cc(C)c1F. The van der Waals surface area contributed by atoms with Crippen LogP contribution >= 0.6 is 0 Å². The van der Waals surface area contributed by atoms with Crippen molar-refractivity contribution in [3.05, 3.63) is 34.6 Å². The molecule has 0 spiro atoms. The molecule has 1 aliphatic carbocycles. The second-order valence-electron chi connectivity index (χ2n) is 6.01. The molecule has 1 N–H and O–H groups in total. The van der Waals surface area contributed by atoms with E-state index in [1.54, 1.807) is 0 Å². The van der Waals surface area contributed by atoms with Gasteiger partial charge in [-0.25, -0.2) is 4.39 Å². The van der Waals surface area contributed by atoms with Crippen LogP contribution in [-0.2, 0) is 6.54 Å². The van der Waals surface area contributed by atoms with Crippen LogP contribution in [0.25, 0.3) is 0 Å². The third-order valence-electron chi connectivity index (χ3n) is 4.28. The van der Waals surface area contributed by atoms with Crippen LogP contribution in [0.5, 0.6) is 0 Å². The molecule has 106 valence electrons. The van der Waals surface area contributed by atoms with E-state index >= 15 is 0 Å². The fourth-order valence-corrected chi connectivity index (χ4v) is 3.15. The largest absolute Gasteiger partial charge is 0.313 e. The zero-order valence-corrected chi connectivity index (χ0v) is 12.3. The van der Waals surface area contributed by atoms with E-state index < -0.39 is 0 Å². The molecule has 1 aliphatic rings. The van der Waals surface area contributed by atoms with Gasteiger partial charge in [-0.15, -0.1) is 0 Å².